The molecule has 0 saturated heterocycles. The van der Waals surface area contributed by atoms with E-state index in [1.165, 1.54) is 0 Å². The van der Waals surface area contributed by atoms with Gasteiger partial charge in [-0.2, -0.15) is 0 Å². The van der Waals surface area contributed by atoms with Crippen molar-refractivity contribution in [2.24, 2.45) is 0 Å². The summed E-state index contributed by atoms with van der Waals surface area (Å²) in [6.45, 7) is 0.640. The molecule has 0 amide bonds. The first-order valence-corrected chi connectivity index (χ1v) is 10.1. The number of para-hydroxylation sites is 1. The summed E-state index contributed by atoms with van der Waals surface area (Å²) in [4.78, 5) is 18.2. The molecule has 5 heteroatoms. The van der Waals surface area contributed by atoms with Crippen LogP contribution in [-0.2, 0) is 6.54 Å². The molecule has 136 valence electrons. The van der Waals surface area contributed by atoms with E-state index in [9.17, 15) is 4.79 Å². The van der Waals surface area contributed by atoms with Crippen LogP contribution in [0.2, 0.25) is 5.02 Å². The Morgan fingerprint density at radius 2 is 1.71 bits per heavy atom. The molecule has 5 aromatic rings. The Hall–Kier alpha value is -2.95. The lowest BCUT2D eigenvalue weighted by Gasteiger charge is -2.12. The van der Waals surface area contributed by atoms with Crippen molar-refractivity contribution < 1.29 is 0 Å². The molecule has 0 saturated carbocycles. The number of benzene rings is 3. The molecule has 28 heavy (non-hydrogen) atoms. The summed E-state index contributed by atoms with van der Waals surface area (Å²) in [6.07, 6.45) is 0. The zero-order chi connectivity index (χ0) is 19.1. The smallest absolute Gasteiger partial charge is 0.196 e. The highest BCUT2D eigenvalue weighted by Crippen LogP contribution is 2.34. The predicted octanol–water partition coefficient (Wildman–Crippen LogP) is 6.23. The average molecular weight is 403 g/mol. The minimum absolute atomic E-state index is 0.00684. The molecule has 2 aromatic heterocycles. The van der Waals surface area contributed by atoms with Crippen molar-refractivity contribution in [2.45, 2.75) is 6.54 Å². The molecular weight excluding hydrogens is 388 g/mol. The Morgan fingerprint density at radius 3 is 2.57 bits per heavy atom. The van der Waals surface area contributed by atoms with Crippen LogP contribution in [0.4, 0.5) is 5.82 Å². The third kappa shape index (κ3) is 2.91. The lowest BCUT2D eigenvalue weighted by molar-refractivity contribution is 1.13. The standard InChI is InChI=1S/C23H15ClN2OS/c24-15-10-11-19-17(12-15)21(27)20-16-8-4-5-9-18(16)26-23(22(20)28-19)25-13-14-6-2-1-3-7-14/h1-12H,13H2,(H,25,26). The van der Waals surface area contributed by atoms with Gasteiger partial charge in [-0.05, 0) is 29.8 Å². The SMILES string of the molecule is O=c1c2cc(Cl)ccc2sc2c(NCc3ccccc3)nc3ccccc3c12. The van der Waals surface area contributed by atoms with Gasteiger partial charge in [0.2, 0.25) is 0 Å². The van der Waals surface area contributed by atoms with Crippen molar-refractivity contribution in [3.05, 3.63) is 93.6 Å². The second kappa shape index (κ2) is 6.89. The molecule has 0 spiro atoms. The number of hydrogen-bond acceptors (Lipinski definition) is 4. The van der Waals surface area contributed by atoms with Gasteiger partial charge in [-0.1, -0.05) is 60.1 Å². The normalized spacial score (nSPS) is 11.3. The van der Waals surface area contributed by atoms with Gasteiger partial charge in [0.1, 0.15) is 5.82 Å². The third-order valence-electron chi connectivity index (χ3n) is 4.78. The number of aromatic nitrogens is 1. The van der Waals surface area contributed by atoms with Crippen LogP contribution < -0.4 is 10.7 Å². The number of halogens is 1. The molecule has 1 N–H and O–H groups in total. The molecule has 3 aromatic carbocycles. The van der Waals surface area contributed by atoms with E-state index in [0.717, 1.165) is 31.7 Å². The molecule has 3 nitrogen and oxygen atoms in total. The zero-order valence-corrected chi connectivity index (χ0v) is 16.3. The van der Waals surface area contributed by atoms with Crippen LogP contribution in [0.3, 0.4) is 0 Å². The van der Waals surface area contributed by atoms with Crippen LogP contribution in [0.5, 0.6) is 0 Å². The molecule has 0 unspecified atom stereocenters. The first-order valence-electron chi connectivity index (χ1n) is 8.93. The Kier molecular flexibility index (Phi) is 4.23. The van der Waals surface area contributed by atoms with Gasteiger partial charge in [-0.25, -0.2) is 4.98 Å². The Morgan fingerprint density at radius 1 is 0.929 bits per heavy atom. The number of rotatable bonds is 3. The molecule has 0 aliphatic rings. The van der Waals surface area contributed by atoms with Crippen LogP contribution in [0.1, 0.15) is 5.56 Å². The monoisotopic (exact) mass is 402 g/mol. The Balaban J connectivity index is 1.80. The van der Waals surface area contributed by atoms with Gasteiger partial charge in [0, 0.05) is 27.0 Å². The Labute approximate surface area is 170 Å². The van der Waals surface area contributed by atoms with E-state index in [0.29, 0.717) is 22.3 Å². The van der Waals surface area contributed by atoms with E-state index in [4.69, 9.17) is 16.6 Å². The number of anilines is 1. The predicted molar refractivity (Wildman–Crippen MR) is 120 cm³/mol. The zero-order valence-electron chi connectivity index (χ0n) is 14.8. The van der Waals surface area contributed by atoms with E-state index < -0.39 is 0 Å². The summed E-state index contributed by atoms with van der Waals surface area (Å²) < 4.78 is 1.77. The molecular formula is C23H15ClN2OS. The number of fused-ring (bicyclic) bond motifs is 4. The van der Waals surface area contributed by atoms with Gasteiger partial charge >= 0.3 is 0 Å². The molecule has 0 aliphatic heterocycles. The fourth-order valence-electron chi connectivity index (χ4n) is 3.43. The first kappa shape index (κ1) is 17.2. The lowest BCUT2D eigenvalue weighted by Crippen LogP contribution is -2.07. The molecule has 0 bridgehead atoms. The first-order chi connectivity index (χ1) is 13.7. The molecule has 0 fully saturated rings. The van der Waals surface area contributed by atoms with Crippen molar-refractivity contribution in [1.82, 2.24) is 4.98 Å². The number of nitrogens with zero attached hydrogens (tertiary/aromatic N) is 1. The molecule has 5 rings (SSSR count). The van der Waals surface area contributed by atoms with Crippen LogP contribution in [0, 0.1) is 0 Å². The highest BCUT2D eigenvalue weighted by Gasteiger charge is 2.15. The van der Waals surface area contributed by atoms with Crippen LogP contribution in [0.15, 0.2) is 77.6 Å². The van der Waals surface area contributed by atoms with Gasteiger partial charge in [-0.3, -0.25) is 4.79 Å². The van der Waals surface area contributed by atoms with E-state index in [1.54, 1.807) is 17.4 Å². The number of nitrogens with one attached hydrogen (secondary N) is 1. The molecule has 2 heterocycles. The van der Waals surface area contributed by atoms with E-state index >= 15 is 0 Å². The quantitative estimate of drug-likeness (QED) is 0.287. The van der Waals surface area contributed by atoms with Crippen molar-refractivity contribution >= 4 is 59.8 Å². The van der Waals surface area contributed by atoms with Crippen molar-refractivity contribution in [3.63, 3.8) is 0 Å². The maximum atomic E-state index is 13.4. The van der Waals surface area contributed by atoms with Gasteiger partial charge in [-0.15, -0.1) is 11.3 Å². The highest BCUT2D eigenvalue weighted by molar-refractivity contribution is 7.25. The largest absolute Gasteiger partial charge is 0.365 e. The lowest BCUT2D eigenvalue weighted by atomic mass is 10.1. The maximum Gasteiger partial charge on any atom is 0.196 e. The second-order valence-corrected chi connectivity index (χ2v) is 8.08. The average Bonchev–Trinajstić information content (AvgIpc) is 2.73. The summed E-state index contributed by atoms with van der Waals surface area (Å²) in [5.74, 6) is 0.733. The molecule has 0 aliphatic carbocycles. The van der Waals surface area contributed by atoms with Crippen LogP contribution in [-0.4, -0.2) is 4.98 Å². The summed E-state index contributed by atoms with van der Waals surface area (Å²) in [7, 11) is 0. The van der Waals surface area contributed by atoms with Gasteiger partial charge < -0.3 is 5.32 Å². The van der Waals surface area contributed by atoms with E-state index in [1.807, 2.05) is 54.6 Å². The van der Waals surface area contributed by atoms with Crippen LogP contribution >= 0.6 is 22.9 Å². The van der Waals surface area contributed by atoms with Crippen LogP contribution in [0.25, 0.3) is 31.1 Å². The van der Waals surface area contributed by atoms with E-state index in [2.05, 4.69) is 17.4 Å². The van der Waals surface area contributed by atoms with Gasteiger partial charge in [0.15, 0.2) is 5.43 Å². The van der Waals surface area contributed by atoms with Gasteiger partial charge in [0.25, 0.3) is 0 Å². The van der Waals surface area contributed by atoms with Crippen molar-refractivity contribution in [1.29, 1.82) is 0 Å². The summed E-state index contributed by atoms with van der Waals surface area (Å²) in [5, 5.41) is 6.21. The van der Waals surface area contributed by atoms with Crippen molar-refractivity contribution in [2.75, 3.05) is 5.32 Å². The highest BCUT2D eigenvalue weighted by atomic mass is 35.5. The minimum atomic E-state index is -0.00684. The maximum absolute atomic E-state index is 13.4. The summed E-state index contributed by atoms with van der Waals surface area (Å²) in [5.41, 5.74) is 1.95. The van der Waals surface area contributed by atoms with Gasteiger partial charge in [0.05, 0.1) is 15.6 Å². The van der Waals surface area contributed by atoms with Crippen molar-refractivity contribution in [3.8, 4) is 0 Å². The molecule has 0 atom stereocenters. The van der Waals surface area contributed by atoms with E-state index in [-0.39, 0.29) is 5.43 Å². The molecule has 0 radical (unpaired) electrons. The number of hydrogen-bond donors (Lipinski definition) is 1. The summed E-state index contributed by atoms with van der Waals surface area (Å²) >= 11 is 7.72. The minimum Gasteiger partial charge on any atom is -0.365 e. The summed E-state index contributed by atoms with van der Waals surface area (Å²) in [6, 6.07) is 23.4. The Bertz CT molecular complexity index is 1400. The fourth-order valence-corrected chi connectivity index (χ4v) is 4.74. The second-order valence-electron chi connectivity index (χ2n) is 6.59. The third-order valence-corrected chi connectivity index (χ3v) is 6.19. The number of pyridine rings is 1. The fraction of sp³-hybridized carbons (Fsp3) is 0.0435. The topological polar surface area (TPSA) is 42.0 Å².